The summed E-state index contributed by atoms with van der Waals surface area (Å²) in [7, 11) is 0. The number of thiazole rings is 1. The fraction of sp³-hybridized carbons (Fsp3) is 0.0952. The standard InChI is InChI=1S/C21H16ClN3O3S/c1-13-19(14-5-7-15(22)8-6-14)23-21(29-13)24-20(27)17-10-9-16(28-17)12-25-11-3-2-4-18(25)26/h2-11H,12H2,1H3,(H,23,24,27). The molecule has 3 aromatic heterocycles. The maximum atomic E-state index is 12.5. The molecular formula is C21H16ClN3O3S. The van der Waals surface area contributed by atoms with Crippen LogP contribution in [0.5, 0.6) is 0 Å². The summed E-state index contributed by atoms with van der Waals surface area (Å²) in [4.78, 5) is 29.8. The van der Waals surface area contributed by atoms with Gasteiger partial charge in [-0.25, -0.2) is 4.98 Å². The zero-order valence-electron chi connectivity index (χ0n) is 15.4. The van der Waals surface area contributed by atoms with Crippen LogP contribution in [0.2, 0.25) is 5.02 Å². The number of carbonyl (C=O) groups is 1. The second-order valence-electron chi connectivity index (χ2n) is 6.32. The van der Waals surface area contributed by atoms with E-state index in [-0.39, 0.29) is 17.9 Å². The van der Waals surface area contributed by atoms with Gasteiger partial charge in [0.25, 0.3) is 11.5 Å². The van der Waals surface area contributed by atoms with E-state index >= 15 is 0 Å². The summed E-state index contributed by atoms with van der Waals surface area (Å²) in [5, 5.41) is 3.90. The van der Waals surface area contributed by atoms with Gasteiger partial charge in [0.05, 0.1) is 12.2 Å². The van der Waals surface area contributed by atoms with E-state index in [2.05, 4.69) is 10.3 Å². The van der Waals surface area contributed by atoms with Crippen LogP contribution in [0.1, 0.15) is 21.2 Å². The van der Waals surface area contributed by atoms with Crippen LogP contribution >= 0.6 is 22.9 Å². The second kappa shape index (κ2) is 8.06. The molecule has 0 unspecified atom stereocenters. The molecule has 0 saturated carbocycles. The molecule has 1 aromatic carbocycles. The largest absolute Gasteiger partial charge is 0.454 e. The molecule has 0 saturated heterocycles. The number of amides is 1. The second-order valence-corrected chi connectivity index (χ2v) is 7.96. The van der Waals surface area contributed by atoms with E-state index in [0.717, 1.165) is 16.1 Å². The van der Waals surface area contributed by atoms with Crippen molar-refractivity contribution < 1.29 is 9.21 Å². The number of aryl methyl sites for hydroxylation is 1. The Balaban J connectivity index is 1.48. The van der Waals surface area contributed by atoms with E-state index < -0.39 is 5.91 Å². The van der Waals surface area contributed by atoms with Gasteiger partial charge in [-0.05, 0) is 37.3 Å². The number of aromatic nitrogens is 2. The van der Waals surface area contributed by atoms with Gasteiger partial charge in [-0.3, -0.25) is 14.9 Å². The van der Waals surface area contributed by atoms with E-state index in [4.69, 9.17) is 16.0 Å². The Morgan fingerprint density at radius 3 is 2.72 bits per heavy atom. The molecule has 0 aliphatic heterocycles. The number of hydrogen-bond donors (Lipinski definition) is 1. The lowest BCUT2D eigenvalue weighted by molar-refractivity contribution is 0.0994. The Morgan fingerprint density at radius 2 is 1.97 bits per heavy atom. The van der Waals surface area contributed by atoms with Crippen LogP contribution in [-0.2, 0) is 6.54 Å². The zero-order valence-corrected chi connectivity index (χ0v) is 17.0. The number of carbonyl (C=O) groups excluding carboxylic acids is 1. The summed E-state index contributed by atoms with van der Waals surface area (Å²) in [6.07, 6.45) is 1.67. The third kappa shape index (κ3) is 4.31. The van der Waals surface area contributed by atoms with Crippen molar-refractivity contribution in [2.45, 2.75) is 13.5 Å². The molecular weight excluding hydrogens is 410 g/mol. The third-order valence-corrected chi connectivity index (χ3v) is 5.38. The van der Waals surface area contributed by atoms with Crippen LogP contribution in [0, 0.1) is 6.92 Å². The smallest absolute Gasteiger partial charge is 0.293 e. The summed E-state index contributed by atoms with van der Waals surface area (Å²) in [5.41, 5.74) is 1.59. The maximum absolute atomic E-state index is 12.5. The monoisotopic (exact) mass is 425 g/mol. The zero-order chi connectivity index (χ0) is 20.4. The number of furan rings is 1. The summed E-state index contributed by atoms with van der Waals surface area (Å²) in [6.45, 7) is 2.20. The normalized spacial score (nSPS) is 10.8. The number of hydrogen-bond acceptors (Lipinski definition) is 5. The van der Waals surface area contributed by atoms with E-state index in [1.807, 2.05) is 19.1 Å². The third-order valence-electron chi connectivity index (χ3n) is 4.25. The van der Waals surface area contributed by atoms with Crippen molar-refractivity contribution in [1.29, 1.82) is 0 Å². The van der Waals surface area contributed by atoms with Gasteiger partial charge in [0, 0.05) is 27.7 Å². The first-order valence-corrected chi connectivity index (χ1v) is 9.98. The fourth-order valence-corrected chi connectivity index (χ4v) is 3.79. The van der Waals surface area contributed by atoms with Gasteiger partial charge in [-0.1, -0.05) is 29.8 Å². The first-order chi connectivity index (χ1) is 14.0. The molecule has 0 bridgehead atoms. The highest BCUT2D eigenvalue weighted by molar-refractivity contribution is 7.16. The van der Waals surface area contributed by atoms with Gasteiger partial charge in [0.2, 0.25) is 0 Å². The fourth-order valence-electron chi connectivity index (χ4n) is 2.83. The molecule has 0 aliphatic carbocycles. The minimum atomic E-state index is -0.395. The summed E-state index contributed by atoms with van der Waals surface area (Å²) < 4.78 is 7.10. The van der Waals surface area contributed by atoms with Crippen molar-refractivity contribution in [2.24, 2.45) is 0 Å². The van der Waals surface area contributed by atoms with Crippen LogP contribution in [0.15, 0.2) is 70.0 Å². The van der Waals surface area contributed by atoms with E-state index in [9.17, 15) is 9.59 Å². The lowest BCUT2D eigenvalue weighted by Gasteiger charge is -2.02. The number of halogens is 1. The predicted octanol–water partition coefficient (Wildman–Crippen LogP) is 4.83. The van der Waals surface area contributed by atoms with Gasteiger partial charge in [0.1, 0.15) is 5.76 Å². The Hall–Kier alpha value is -3.16. The van der Waals surface area contributed by atoms with Crippen LogP contribution in [0.3, 0.4) is 0 Å². The molecule has 29 heavy (non-hydrogen) atoms. The predicted molar refractivity (Wildman–Crippen MR) is 114 cm³/mol. The number of pyridine rings is 1. The molecule has 4 rings (SSSR count). The van der Waals surface area contributed by atoms with Crippen molar-refractivity contribution in [1.82, 2.24) is 9.55 Å². The van der Waals surface area contributed by atoms with Crippen molar-refractivity contribution in [2.75, 3.05) is 5.32 Å². The SMILES string of the molecule is Cc1sc(NC(=O)c2ccc(Cn3ccccc3=O)o2)nc1-c1ccc(Cl)cc1. The first-order valence-electron chi connectivity index (χ1n) is 8.78. The molecule has 0 aliphatic rings. The molecule has 4 aromatic rings. The highest BCUT2D eigenvalue weighted by Crippen LogP contribution is 2.31. The van der Waals surface area contributed by atoms with E-state index in [0.29, 0.717) is 15.9 Å². The van der Waals surface area contributed by atoms with Gasteiger partial charge >= 0.3 is 0 Å². The minimum absolute atomic E-state index is 0.136. The van der Waals surface area contributed by atoms with Gasteiger partial charge in [0.15, 0.2) is 10.9 Å². The summed E-state index contributed by atoms with van der Waals surface area (Å²) in [5.74, 6) is 0.276. The van der Waals surface area contributed by atoms with Crippen molar-refractivity contribution in [3.63, 3.8) is 0 Å². The minimum Gasteiger partial charge on any atom is -0.454 e. The molecule has 1 amide bonds. The summed E-state index contributed by atoms with van der Waals surface area (Å²) in [6, 6.07) is 15.6. The lowest BCUT2D eigenvalue weighted by atomic mass is 10.1. The number of anilines is 1. The number of benzene rings is 1. The van der Waals surface area contributed by atoms with Crippen LogP contribution in [0.25, 0.3) is 11.3 Å². The topological polar surface area (TPSA) is 77.1 Å². The molecule has 0 atom stereocenters. The molecule has 6 nitrogen and oxygen atoms in total. The first kappa shape index (κ1) is 19.2. The van der Waals surface area contributed by atoms with Gasteiger partial charge in [-0.2, -0.15) is 0 Å². The lowest BCUT2D eigenvalue weighted by Crippen LogP contribution is -2.18. The number of rotatable bonds is 5. The Kier molecular flexibility index (Phi) is 5.33. The Morgan fingerprint density at radius 1 is 1.17 bits per heavy atom. The van der Waals surface area contributed by atoms with Crippen LogP contribution < -0.4 is 10.9 Å². The average molecular weight is 426 g/mol. The van der Waals surface area contributed by atoms with Crippen molar-refractivity contribution >= 4 is 34.0 Å². The molecule has 0 radical (unpaired) electrons. The Bertz CT molecular complexity index is 1220. The molecule has 146 valence electrons. The van der Waals surface area contributed by atoms with E-state index in [1.165, 1.54) is 22.0 Å². The molecule has 3 heterocycles. The van der Waals surface area contributed by atoms with Gasteiger partial charge < -0.3 is 8.98 Å². The number of nitrogens with one attached hydrogen (secondary N) is 1. The number of nitrogens with zero attached hydrogens (tertiary/aromatic N) is 2. The van der Waals surface area contributed by atoms with E-state index in [1.54, 1.807) is 42.6 Å². The molecule has 0 fully saturated rings. The molecule has 0 spiro atoms. The quantitative estimate of drug-likeness (QED) is 0.497. The highest BCUT2D eigenvalue weighted by atomic mass is 35.5. The Labute approximate surface area is 175 Å². The maximum Gasteiger partial charge on any atom is 0.293 e. The highest BCUT2D eigenvalue weighted by Gasteiger charge is 2.16. The van der Waals surface area contributed by atoms with Crippen molar-refractivity contribution in [3.8, 4) is 11.3 Å². The van der Waals surface area contributed by atoms with Gasteiger partial charge in [-0.15, -0.1) is 11.3 Å². The molecule has 1 N–H and O–H groups in total. The van der Waals surface area contributed by atoms with Crippen LogP contribution in [0.4, 0.5) is 5.13 Å². The summed E-state index contributed by atoms with van der Waals surface area (Å²) >= 11 is 7.32. The van der Waals surface area contributed by atoms with Crippen molar-refractivity contribution in [3.05, 3.63) is 92.6 Å². The molecule has 8 heteroatoms. The van der Waals surface area contributed by atoms with Crippen LogP contribution in [-0.4, -0.2) is 15.5 Å². The average Bonchev–Trinajstić information content (AvgIpc) is 3.31.